The van der Waals surface area contributed by atoms with Crippen LogP contribution in [0.1, 0.15) is 40.0 Å². The van der Waals surface area contributed by atoms with Crippen LogP contribution in [0.3, 0.4) is 0 Å². The maximum absolute atomic E-state index is 10.2. The van der Waals surface area contributed by atoms with Crippen molar-refractivity contribution in [1.82, 2.24) is 0 Å². The monoisotopic (exact) mass is 398 g/mol. The molecule has 0 aromatic rings. The van der Waals surface area contributed by atoms with Crippen molar-refractivity contribution in [2.45, 2.75) is 40.0 Å². The van der Waals surface area contributed by atoms with Crippen molar-refractivity contribution in [2.24, 2.45) is 0 Å². The second-order valence-electron chi connectivity index (χ2n) is 4.49. The van der Waals surface area contributed by atoms with Crippen molar-refractivity contribution in [1.29, 1.82) is 0 Å². The van der Waals surface area contributed by atoms with Crippen molar-refractivity contribution in [3.05, 3.63) is 16.0 Å². The van der Waals surface area contributed by atoms with Gasteiger partial charge in [-0.2, -0.15) is 0 Å². The summed E-state index contributed by atoms with van der Waals surface area (Å²) in [5.74, 6) is -1.46. The normalized spacial score (nSPS) is 7.92. The number of amides is 3. The Bertz CT molecular complexity index is 400. The van der Waals surface area contributed by atoms with Gasteiger partial charge in [0.05, 0.1) is 17.7 Å². The molecule has 0 fully saturated rings. The number of hydrogen-bond acceptors (Lipinski definition) is 6. The summed E-state index contributed by atoms with van der Waals surface area (Å²) in [6.45, 7) is 4.09. The molecule has 3 amide bonds. The summed E-state index contributed by atoms with van der Waals surface area (Å²) >= 11 is 0. The Kier molecular flexibility index (Phi) is 24.6. The van der Waals surface area contributed by atoms with Crippen molar-refractivity contribution in [2.75, 3.05) is 21.1 Å². The molecule has 10 heteroatoms. The summed E-state index contributed by atoms with van der Waals surface area (Å²) in [6, 6.07) is 0. The predicted molar refractivity (Wildman–Crippen MR) is 88.8 cm³/mol. The van der Waals surface area contributed by atoms with Crippen LogP contribution in [0, 0.1) is 0 Å². The van der Waals surface area contributed by atoms with E-state index in [4.69, 9.17) is 0 Å². The van der Waals surface area contributed by atoms with Crippen LogP contribution in [0.5, 0.6) is 0 Å². The molecule has 25 heavy (non-hydrogen) atoms. The molecular weight excluding hydrogens is 374 g/mol. The third kappa shape index (κ3) is 34.3. The SMILES string of the molecule is C[N-]C(=O)CC(C)=O.C[N-]C(=O)CC(C)=O.C[N-]C(=O)CC(C)=O.[Fe+3]. The molecule has 0 aromatic carbocycles. The maximum Gasteiger partial charge on any atom is 3.00 e. The zero-order chi connectivity index (χ0) is 19.7. The van der Waals surface area contributed by atoms with Gasteiger partial charge in [-0.15, -0.1) is 21.1 Å². The zero-order valence-corrected chi connectivity index (χ0v) is 16.4. The maximum atomic E-state index is 10.2. The Balaban J connectivity index is -0.000000130. The smallest absolute Gasteiger partial charge is 0.656 e. The second-order valence-corrected chi connectivity index (χ2v) is 4.49. The third-order valence-electron chi connectivity index (χ3n) is 1.95. The molecule has 0 atom stereocenters. The first-order valence-corrected chi connectivity index (χ1v) is 6.86. The Morgan fingerprint density at radius 3 is 0.720 bits per heavy atom. The van der Waals surface area contributed by atoms with Crippen molar-refractivity contribution < 1.29 is 45.8 Å². The fourth-order valence-electron chi connectivity index (χ4n) is 0.876. The number of carbonyl (C=O) groups is 6. The van der Waals surface area contributed by atoms with E-state index in [0.29, 0.717) is 0 Å². The van der Waals surface area contributed by atoms with E-state index < -0.39 is 0 Å². The molecule has 0 bridgehead atoms. The van der Waals surface area contributed by atoms with Crippen LogP contribution < -0.4 is 0 Å². The van der Waals surface area contributed by atoms with Crippen molar-refractivity contribution in [3.63, 3.8) is 0 Å². The van der Waals surface area contributed by atoms with Gasteiger partial charge in [0.15, 0.2) is 0 Å². The average molecular weight is 398 g/mol. The van der Waals surface area contributed by atoms with Crippen LogP contribution in [-0.2, 0) is 45.8 Å². The molecule has 0 aliphatic carbocycles. The summed E-state index contributed by atoms with van der Waals surface area (Å²) in [5.41, 5.74) is 0. The van der Waals surface area contributed by atoms with Crippen LogP contribution in [0.2, 0.25) is 0 Å². The molecular formula is C15H24FeN3O6. The minimum Gasteiger partial charge on any atom is -0.656 e. The standard InChI is InChI=1S/3C5H9NO2.Fe/c3*1-4(7)3-5(8)6-2;/h3*3H2,1-2H3,(H,6,8);/q;;;+3/p-3. The van der Waals surface area contributed by atoms with Gasteiger partial charge < -0.3 is 30.3 Å². The van der Waals surface area contributed by atoms with Crippen LogP contribution in [0.25, 0.3) is 16.0 Å². The van der Waals surface area contributed by atoms with Gasteiger partial charge in [0.1, 0.15) is 17.3 Å². The molecule has 0 spiro atoms. The van der Waals surface area contributed by atoms with Gasteiger partial charge in [0, 0.05) is 19.3 Å². The summed E-state index contributed by atoms with van der Waals surface area (Å²) in [6.07, 6.45) is -0.177. The Hall–Kier alpha value is -2.06. The fourth-order valence-corrected chi connectivity index (χ4v) is 0.876. The van der Waals surface area contributed by atoms with E-state index in [9.17, 15) is 28.8 Å². The molecule has 0 N–H and O–H groups in total. The first kappa shape index (κ1) is 30.8. The molecule has 0 aromatic heterocycles. The summed E-state index contributed by atoms with van der Waals surface area (Å²) in [4.78, 5) is 61.1. The van der Waals surface area contributed by atoms with Gasteiger partial charge in [0.25, 0.3) is 0 Å². The van der Waals surface area contributed by atoms with E-state index in [2.05, 4.69) is 16.0 Å². The number of nitrogens with zero attached hydrogens (tertiary/aromatic N) is 3. The molecule has 0 saturated heterocycles. The quantitative estimate of drug-likeness (QED) is 0.489. The number of hydrogen-bond donors (Lipinski definition) is 0. The van der Waals surface area contributed by atoms with Crippen molar-refractivity contribution >= 4 is 35.1 Å². The minimum absolute atomic E-state index is 0. The number of rotatable bonds is 6. The fraction of sp³-hybridized carbons (Fsp3) is 0.600. The van der Waals surface area contributed by atoms with E-state index in [1.165, 1.54) is 41.9 Å². The first-order chi connectivity index (χ1) is 11.0. The zero-order valence-electron chi connectivity index (χ0n) is 15.3. The van der Waals surface area contributed by atoms with Gasteiger partial charge in [-0.1, -0.05) is 0 Å². The summed E-state index contributed by atoms with van der Waals surface area (Å²) < 4.78 is 0. The van der Waals surface area contributed by atoms with E-state index >= 15 is 0 Å². The average Bonchev–Trinajstić information content (AvgIpc) is 2.46. The van der Waals surface area contributed by atoms with E-state index in [1.54, 1.807) is 0 Å². The molecule has 0 aliphatic rings. The molecule has 1 radical (unpaired) electrons. The van der Waals surface area contributed by atoms with Crippen molar-refractivity contribution in [3.8, 4) is 0 Å². The third-order valence-corrected chi connectivity index (χ3v) is 1.95. The molecule has 0 rings (SSSR count). The Labute approximate surface area is 158 Å². The van der Waals surface area contributed by atoms with E-state index in [0.717, 1.165) is 0 Å². The minimum atomic E-state index is -0.350. The van der Waals surface area contributed by atoms with E-state index in [1.807, 2.05) is 0 Å². The molecule has 9 nitrogen and oxygen atoms in total. The summed E-state index contributed by atoms with van der Waals surface area (Å²) in [5, 5.41) is 9.81. The van der Waals surface area contributed by atoms with Crippen LogP contribution in [0.4, 0.5) is 0 Å². The predicted octanol–water partition coefficient (Wildman–Crippen LogP) is 1.48. The Morgan fingerprint density at radius 2 is 0.680 bits per heavy atom. The molecule has 0 saturated carbocycles. The first-order valence-electron chi connectivity index (χ1n) is 6.86. The second kappa shape index (κ2) is 20.0. The van der Waals surface area contributed by atoms with Crippen LogP contribution >= 0.6 is 0 Å². The largest absolute Gasteiger partial charge is 3.00 e. The van der Waals surface area contributed by atoms with Gasteiger partial charge >= 0.3 is 17.1 Å². The van der Waals surface area contributed by atoms with Gasteiger partial charge in [-0.25, -0.2) is 0 Å². The molecule has 0 aliphatic heterocycles. The summed E-state index contributed by atoms with van der Waals surface area (Å²) in [7, 11) is 4.14. The van der Waals surface area contributed by atoms with E-state index in [-0.39, 0.29) is 71.4 Å². The Morgan fingerprint density at radius 1 is 0.520 bits per heavy atom. The number of ketones is 3. The molecule has 0 unspecified atom stereocenters. The number of carbonyl (C=O) groups excluding carboxylic acids is 6. The van der Waals surface area contributed by atoms with Gasteiger partial charge in [-0.3, -0.25) is 14.4 Å². The van der Waals surface area contributed by atoms with Gasteiger partial charge in [-0.05, 0) is 20.8 Å². The topological polar surface area (TPSA) is 145 Å². The molecule has 143 valence electrons. The van der Waals surface area contributed by atoms with Crippen LogP contribution in [0.15, 0.2) is 0 Å². The van der Waals surface area contributed by atoms with Crippen LogP contribution in [-0.4, -0.2) is 56.2 Å². The van der Waals surface area contributed by atoms with Gasteiger partial charge in [0.2, 0.25) is 0 Å². The molecule has 0 heterocycles. The number of Topliss-reactive ketones (excluding diaryl/α,β-unsaturated/α-hetero) is 3.